The second-order valence-corrected chi connectivity index (χ2v) is 4.70. The van der Waals surface area contributed by atoms with Crippen LogP contribution in [-0.4, -0.2) is 15.7 Å². The molecule has 0 spiro atoms. The Labute approximate surface area is 119 Å². The van der Waals surface area contributed by atoms with E-state index in [9.17, 15) is 4.79 Å². The van der Waals surface area contributed by atoms with Crippen molar-refractivity contribution in [3.05, 3.63) is 41.7 Å². The second-order valence-electron chi connectivity index (χ2n) is 4.70. The van der Waals surface area contributed by atoms with Crippen molar-refractivity contribution >= 4 is 17.3 Å². The Morgan fingerprint density at radius 3 is 2.80 bits per heavy atom. The molecule has 5 nitrogen and oxygen atoms in total. The van der Waals surface area contributed by atoms with Gasteiger partial charge in [-0.1, -0.05) is 0 Å². The van der Waals surface area contributed by atoms with E-state index < -0.39 is 0 Å². The monoisotopic (exact) mass is 272 g/mol. The summed E-state index contributed by atoms with van der Waals surface area (Å²) in [4.78, 5) is 11.1. The van der Waals surface area contributed by atoms with E-state index >= 15 is 0 Å². The first kappa shape index (κ1) is 14.1. The predicted octanol–water partition coefficient (Wildman–Crippen LogP) is 2.78. The van der Waals surface area contributed by atoms with Gasteiger partial charge < -0.3 is 10.6 Å². The van der Waals surface area contributed by atoms with Crippen molar-refractivity contribution in [3.63, 3.8) is 0 Å². The van der Waals surface area contributed by atoms with Gasteiger partial charge in [0, 0.05) is 31.0 Å². The van der Waals surface area contributed by atoms with Crippen molar-refractivity contribution < 1.29 is 4.79 Å². The van der Waals surface area contributed by atoms with Crippen molar-refractivity contribution in [2.45, 2.75) is 33.9 Å². The largest absolute Gasteiger partial charge is 0.379 e. The summed E-state index contributed by atoms with van der Waals surface area (Å²) in [5.74, 6) is -0.0549. The van der Waals surface area contributed by atoms with Crippen molar-refractivity contribution in [3.8, 4) is 0 Å². The van der Waals surface area contributed by atoms with Gasteiger partial charge in [-0.2, -0.15) is 5.10 Å². The highest BCUT2D eigenvalue weighted by atomic mass is 16.1. The second kappa shape index (κ2) is 6.23. The number of nitrogens with one attached hydrogen (secondary N) is 2. The van der Waals surface area contributed by atoms with E-state index in [-0.39, 0.29) is 5.91 Å². The van der Waals surface area contributed by atoms with E-state index in [2.05, 4.69) is 22.7 Å². The van der Waals surface area contributed by atoms with Gasteiger partial charge in [-0.25, -0.2) is 0 Å². The summed E-state index contributed by atoms with van der Waals surface area (Å²) in [6.07, 6.45) is 1.81. The smallest absolute Gasteiger partial charge is 0.221 e. The molecule has 0 unspecified atom stereocenters. The Hall–Kier alpha value is -2.30. The Morgan fingerprint density at radius 2 is 2.15 bits per heavy atom. The average Bonchev–Trinajstić information content (AvgIpc) is 2.86. The molecule has 20 heavy (non-hydrogen) atoms. The van der Waals surface area contributed by atoms with Gasteiger partial charge in [-0.15, -0.1) is 0 Å². The highest BCUT2D eigenvalue weighted by molar-refractivity contribution is 5.89. The first-order chi connectivity index (χ1) is 9.60. The Kier molecular flexibility index (Phi) is 4.40. The summed E-state index contributed by atoms with van der Waals surface area (Å²) in [7, 11) is 0. The lowest BCUT2D eigenvalue weighted by atomic mass is 10.1. The lowest BCUT2D eigenvalue weighted by Gasteiger charge is -2.11. The number of hydrogen-bond acceptors (Lipinski definition) is 3. The Bertz CT molecular complexity index is 604. The molecule has 1 aromatic heterocycles. The maximum Gasteiger partial charge on any atom is 0.221 e. The minimum atomic E-state index is -0.0549. The lowest BCUT2D eigenvalue weighted by Crippen LogP contribution is -2.09. The number of benzene rings is 1. The number of aromatic nitrogens is 2. The molecule has 0 saturated carbocycles. The zero-order valence-corrected chi connectivity index (χ0v) is 12.1. The summed E-state index contributed by atoms with van der Waals surface area (Å²) in [5.41, 5.74) is 4.06. The van der Waals surface area contributed by atoms with Gasteiger partial charge >= 0.3 is 0 Å². The molecule has 106 valence electrons. The number of carbonyl (C=O) groups excluding carboxylic acids is 1. The zero-order valence-electron chi connectivity index (χ0n) is 12.1. The highest BCUT2D eigenvalue weighted by Gasteiger charge is 2.03. The fourth-order valence-corrected chi connectivity index (χ4v) is 2.09. The van der Waals surface area contributed by atoms with Gasteiger partial charge in [0.2, 0.25) is 5.91 Å². The summed E-state index contributed by atoms with van der Waals surface area (Å²) in [5, 5.41) is 10.4. The SMILES string of the molecule is CCn1nccc1CNc1ccc(NC(C)=O)c(C)c1. The molecule has 1 aromatic carbocycles. The Morgan fingerprint density at radius 1 is 1.35 bits per heavy atom. The van der Waals surface area contributed by atoms with Gasteiger partial charge in [0.15, 0.2) is 0 Å². The van der Waals surface area contributed by atoms with Crippen LogP contribution < -0.4 is 10.6 Å². The third kappa shape index (κ3) is 3.38. The molecule has 0 bridgehead atoms. The standard InChI is InChI=1S/C15H20N4O/c1-4-19-14(7-8-17-19)10-16-13-5-6-15(11(2)9-13)18-12(3)20/h5-9,16H,4,10H2,1-3H3,(H,18,20). The third-order valence-electron chi connectivity index (χ3n) is 3.11. The minimum Gasteiger partial charge on any atom is -0.379 e. The van der Waals surface area contributed by atoms with Gasteiger partial charge in [-0.3, -0.25) is 9.48 Å². The molecular formula is C15H20N4O. The molecule has 0 saturated heterocycles. The lowest BCUT2D eigenvalue weighted by molar-refractivity contribution is -0.114. The van der Waals surface area contributed by atoms with Crippen LogP contribution in [0.4, 0.5) is 11.4 Å². The first-order valence-electron chi connectivity index (χ1n) is 6.73. The third-order valence-corrected chi connectivity index (χ3v) is 3.11. The quantitative estimate of drug-likeness (QED) is 0.880. The Balaban J connectivity index is 2.03. The number of hydrogen-bond donors (Lipinski definition) is 2. The van der Waals surface area contributed by atoms with Crippen molar-refractivity contribution in [1.82, 2.24) is 9.78 Å². The number of aryl methyl sites for hydroxylation is 2. The van der Waals surface area contributed by atoms with Crippen molar-refractivity contribution in [2.24, 2.45) is 0 Å². The average molecular weight is 272 g/mol. The summed E-state index contributed by atoms with van der Waals surface area (Å²) < 4.78 is 1.96. The maximum atomic E-state index is 11.1. The molecule has 2 aromatic rings. The number of carbonyl (C=O) groups is 1. The van der Waals surface area contributed by atoms with Gasteiger partial charge in [0.05, 0.1) is 12.2 Å². The molecule has 0 aliphatic rings. The molecular weight excluding hydrogens is 252 g/mol. The van der Waals surface area contributed by atoms with Crippen LogP contribution in [0.2, 0.25) is 0 Å². The van der Waals surface area contributed by atoms with Crippen LogP contribution in [-0.2, 0) is 17.9 Å². The zero-order chi connectivity index (χ0) is 14.5. The summed E-state index contributed by atoms with van der Waals surface area (Å²) in [6, 6.07) is 7.91. The molecule has 0 aliphatic heterocycles. The molecule has 0 radical (unpaired) electrons. The molecule has 2 N–H and O–H groups in total. The fraction of sp³-hybridized carbons (Fsp3) is 0.333. The van der Waals surface area contributed by atoms with E-state index in [1.807, 2.05) is 42.1 Å². The van der Waals surface area contributed by atoms with E-state index in [4.69, 9.17) is 0 Å². The molecule has 2 rings (SSSR count). The van der Waals surface area contributed by atoms with Crippen LogP contribution in [0.1, 0.15) is 25.1 Å². The fourth-order valence-electron chi connectivity index (χ4n) is 2.09. The van der Waals surface area contributed by atoms with Crippen LogP contribution >= 0.6 is 0 Å². The minimum absolute atomic E-state index is 0.0549. The first-order valence-corrected chi connectivity index (χ1v) is 6.73. The maximum absolute atomic E-state index is 11.1. The van der Waals surface area contributed by atoms with Crippen LogP contribution in [0.3, 0.4) is 0 Å². The number of amides is 1. The predicted molar refractivity (Wildman–Crippen MR) is 80.7 cm³/mol. The number of rotatable bonds is 5. The van der Waals surface area contributed by atoms with E-state index in [0.717, 1.165) is 35.7 Å². The van der Waals surface area contributed by atoms with Crippen LogP contribution in [0.5, 0.6) is 0 Å². The van der Waals surface area contributed by atoms with Gasteiger partial charge in [0.25, 0.3) is 0 Å². The van der Waals surface area contributed by atoms with E-state index in [1.54, 1.807) is 0 Å². The van der Waals surface area contributed by atoms with Crippen LogP contribution in [0.25, 0.3) is 0 Å². The van der Waals surface area contributed by atoms with Crippen molar-refractivity contribution in [1.29, 1.82) is 0 Å². The van der Waals surface area contributed by atoms with Crippen LogP contribution in [0.15, 0.2) is 30.5 Å². The summed E-state index contributed by atoms with van der Waals surface area (Å²) in [6.45, 7) is 7.16. The molecule has 0 atom stereocenters. The highest BCUT2D eigenvalue weighted by Crippen LogP contribution is 2.20. The molecule has 1 heterocycles. The molecule has 1 amide bonds. The van der Waals surface area contributed by atoms with Gasteiger partial charge in [-0.05, 0) is 43.7 Å². The van der Waals surface area contributed by atoms with Crippen molar-refractivity contribution in [2.75, 3.05) is 10.6 Å². The topological polar surface area (TPSA) is 59.0 Å². The molecule has 0 fully saturated rings. The summed E-state index contributed by atoms with van der Waals surface area (Å²) >= 11 is 0. The van der Waals surface area contributed by atoms with E-state index in [0.29, 0.717) is 0 Å². The van der Waals surface area contributed by atoms with Crippen LogP contribution in [0, 0.1) is 6.92 Å². The normalized spacial score (nSPS) is 10.3. The molecule has 0 aliphatic carbocycles. The van der Waals surface area contributed by atoms with E-state index in [1.165, 1.54) is 6.92 Å². The van der Waals surface area contributed by atoms with Gasteiger partial charge in [0.1, 0.15) is 0 Å². The molecule has 5 heteroatoms. The number of nitrogens with zero attached hydrogens (tertiary/aromatic N) is 2. The number of anilines is 2.